The molecule has 0 radical (unpaired) electrons. The lowest BCUT2D eigenvalue weighted by Crippen LogP contribution is -2.61. The van der Waals surface area contributed by atoms with Crippen LogP contribution in [-0.2, 0) is 33.2 Å². The normalized spacial score (nSPS) is 29.8. The van der Waals surface area contributed by atoms with Crippen molar-refractivity contribution in [2.45, 2.75) is 197 Å². The van der Waals surface area contributed by atoms with E-state index in [2.05, 4.69) is 26.0 Å². The van der Waals surface area contributed by atoms with Crippen LogP contribution in [-0.4, -0.2) is 142 Å². The monoisotopic (exact) mass is 764 g/mol. The predicted molar refractivity (Wildman–Crippen MR) is 197 cm³/mol. The van der Waals surface area contributed by atoms with Gasteiger partial charge < -0.3 is 64.2 Å². The van der Waals surface area contributed by atoms with Crippen molar-refractivity contribution in [3.63, 3.8) is 0 Å². The van der Waals surface area contributed by atoms with E-state index in [0.29, 0.717) is 13.0 Å². The summed E-state index contributed by atoms with van der Waals surface area (Å²) in [5.41, 5.74) is 0. The van der Waals surface area contributed by atoms with E-state index >= 15 is 0 Å². The van der Waals surface area contributed by atoms with Gasteiger partial charge in [-0.25, -0.2) is 0 Å². The van der Waals surface area contributed by atoms with Crippen LogP contribution in [0.1, 0.15) is 129 Å². The Labute approximate surface area is 316 Å². The van der Waals surface area contributed by atoms with Gasteiger partial charge in [0.05, 0.1) is 26.4 Å². The van der Waals surface area contributed by atoms with Gasteiger partial charge in [-0.05, 0) is 38.5 Å². The van der Waals surface area contributed by atoms with Crippen molar-refractivity contribution < 1.29 is 69.0 Å². The fourth-order valence-electron chi connectivity index (χ4n) is 6.34. The number of esters is 1. The van der Waals surface area contributed by atoms with Crippen LogP contribution in [0.15, 0.2) is 12.2 Å². The number of aliphatic hydroxyl groups excluding tert-OH is 7. The highest BCUT2D eigenvalue weighted by atomic mass is 16.7. The number of unbranched alkanes of at least 4 members (excludes halogenated alkanes) is 14. The zero-order valence-corrected chi connectivity index (χ0v) is 32.3. The number of carbonyl (C=O) groups is 1. The Kier molecular flexibility index (Phi) is 26.2. The molecule has 11 unspecified atom stereocenters. The summed E-state index contributed by atoms with van der Waals surface area (Å²) >= 11 is 0. The maximum atomic E-state index is 12.7. The molecule has 0 saturated carbocycles. The van der Waals surface area contributed by atoms with Crippen molar-refractivity contribution in [3.05, 3.63) is 12.2 Å². The molecule has 2 fully saturated rings. The Balaban J connectivity index is 1.81. The van der Waals surface area contributed by atoms with Crippen LogP contribution in [0.4, 0.5) is 0 Å². The number of aliphatic hydroxyl groups is 7. The Bertz CT molecular complexity index is 938. The van der Waals surface area contributed by atoms with E-state index in [0.717, 1.165) is 51.4 Å². The standard InChI is InChI=1S/C39H72O14/c1-3-5-7-9-10-11-12-13-14-15-16-17-19-21-23-48-25-28(51-31(41)22-20-18-8-6-4-2)26-49-38-37(47)35(45)33(43)30(53-38)27-50-39-36(46)34(44)32(42)29(24-40)52-39/h11-12,28-30,32-40,42-47H,3-10,13-27H2,1-2H3/b12-11-. The Morgan fingerprint density at radius 2 is 1.11 bits per heavy atom. The van der Waals surface area contributed by atoms with E-state index in [-0.39, 0.29) is 19.6 Å². The van der Waals surface area contributed by atoms with E-state index in [1.807, 2.05) is 0 Å². The van der Waals surface area contributed by atoms with E-state index < -0.39 is 86.7 Å². The number of carbonyl (C=O) groups excluding carboxylic acids is 1. The molecule has 53 heavy (non-hydrogen) atoms. The second-order valence-electron chi connectivity index (χ2n) is 14.5. The SMILES string of the molecule is CCCCCC/C=C\CCCCCCCCOCC(COC1OC(COC2OC(CO)C(O)C(O)C2O)C(O)C(O)C1O)OC(=O)CCCCCCC. The fraction of sp³-hybridized carbons (Fsp3) is 0.923. The summed E-state index contributed by atoms with van der Waals surface area (Å²) in [4.78, 5) is 12.7. The lowest BCUT2D eigenvalue weighted by atomic mass is 9.98. The fourth-order valence-corrected chi connectivity index (χ4v) is 6.34. The molecule has 2 saturated heterocycles. The van der Waals surface area contributed by atoms with E-state index in [1.165, 1.54) is 51.4 Å². The highest BCUT2D eigenvalue weighted by molar-refractivity contribution is 5.69. The Hall–Kier alpha value is -1.27. The van der Waals surface area contributed by atoms with Crippen molar-refractivity contribution in [2.75, 3.05) is 33.0 Å². The largest absolute Gasteiger partial charge is 0.457 e. The molecule has 0 bridgehead atoms. The molecule has 2 aliphatic rings. The smallest absolute Gasteiger partial charge is 0.306 e. The average Bonchev–Trinajstić information content (AvgIpc) is 3.15. The minimum absolute atomic E-state index is 0.0595. The highest BCUT2D eigenvalue weighted by Gasteiger charge is 2.47. The summed E-state index contributed by atoms with van der Waals surface area (Å²) < 4.78 is 33.8. The molecule has 0 spiro atoms. The molecule has 0 aliphatic carbocycles. The summed E-state index contributed by atoms with van der Waals surface area (Å²) in [7, 11) is 0. The minimum Gasteiger partial charge on any atom is -0.457 e. The molecular formula is C39H72O14. The summed E-state index contributed by atoms with van der Waals surface area (Å²) in [5, 5.41) is 71.5. The molecule has 0 aromatic rings. The zero-order valence-electron chi connectivity index (χ0n) is 32.3. The van der Waals surface area contributed by atoms with Gasteiger partial charge >= 0.3 is 5.97 Å². The van der Waals surface area contributed by atoms with Crippen molar-refractivity contribution in [2.24, 2.45) is 0 Å². The van der Waals surface area contributed by atoms with Gasteiger partial charge in [-0.1, -0.05) is 96.6 Å². The molecule has 0 aromatic heterocycles. The summed E-state index contributed by atoms with van der Waals surface area (Å²) in [6.45, 7) is 3.54. The quantitative estimate of drug-likeness (QED) is 0.0318. The summed E-state index contributed by atoms with van der Waals surface area (Å²) in [6, 6.07) is 0. The van der Waals surface area contributed by atoms with Gasteiger partial charge in [-0.15, -0.1) is 0 Å². The summed E-state index contributed by atoms with van der Waals surface area (Å²) in [6.07, 6.45) is 7.70. The van der Waals surface area contributed by atoms with Gasteiger partial charge in [0.2, 0.25) is 0 Å². The topological polar surface area (TPSA) is 214 Å². The van der Waals surface area contributed by atoms with Crippen molar-refractivity contribution in [1.29, 1.82) is 0 Å². The third-order valence-corrected chi connectivity index (χ3v) is 9.77. The van der Waals surface area contributed by atoms with E-state index in [4.69, 9.17) is 28.4 Å². The molecule has 312 valence electrons. The number of hydrogen-bond acceptors (Lipinski definition) is 14. The lowest BCUT2D eigenvalue weighted by Gasteiger charge is -2.42. The van der Waals surface area contributed by atoms with Crippen LogP contribution < -0.4 is 0 Å². The van der Waals surface area contributed by atoms with Gasteiger partial charge in [-0.2, -0.15) is 0 Å². The van der Waals surface area contributed by atoms with Crippen LogP contribution in [0.25, 0.3) is 0 Å². The van der Waals surface area contributed by atoms with Crippen LogP contribution in [0, 0.1) is 0 Å². The first-order chi connectivity index (χ1) is 25.6. The number of allylic oxidation sites excluding steroid dienone is 2. The molecule has 14 nitrogen and oxygen atoms in total. The van der Waals surface area contributed by atoms with Gasteiger partial charge in [-0.3, -0.25) is 4.79 Å². The third kappa shape index (κ3) is 19.0. The maximum absolute atomic E-state index is 12.7. The number of ether oxygens (including phenoxy) is 6. The highest BCUT2D eigenvalue weighted by Crippen LogP contribution is 2.26. The van der Waals surface area contributed by atoms with Crippen LogP contribution >= 0.6 is 0 Å². The molecule has 2 heterocycles. The van der Waals surface area contributed by atoms with Crippen molar-refractivity contribution in [3.8, 4) is 0 Å². The number of hydrogen-bond donors (Lipinski definition) is 7. The first-order valence-corrected chi connectivity index (χ1v) is 20.3. The van der Waals surface area contributed by atoms with Gasteiger partial charge in [0.1, 0.15) is 54.9 Å². The van der Waals surface area contributed by atoms with Gasteiger partial charge in [0, 0.05) is 13.0 Å². The number of rotatable bonds is 30. The van der Waals surface area contributed by atoms with Crippen LogP contribution in [0.3, 0.4) is 0 Å². The minimum atomic E-state index is -1.70. The first-order valence-electron chi connectivity index (χ1n) is 20.3. The van der Waals surface area contributed by atoms with Crippen LogP contribution in [0.5, 0.6) is 0 Å². The van der Waals surface area contributed by atoms with Crippen molar-refractivity contribution in [1.82, 2.24) is 0 Å². The molecule has 11 atom stereocenters. The van der Waals surface area contributed by atoms with E-state index in [1.54, 1.807) is 0 Å². The van der Waals surface area contributed by atoms with Crippen molar-refractivity contribution >= 4 is 5.97 Å². The molecule has 2 rings (SSSR count). The summed E-state index contributed by atoms with van der Waals surface area (Å²) in [5.74, 6) is -0.392. The van der Waals surface area contributed by atoms with Gasteiger partial charge in [0.25, 0.3) is 0 Å². The molecule has 0 aromatic carbocycles. The van der Waals surface area contributed by atoms with Crippen LogP contribution in [0.2, 0.25) is 0 Å². The molecule has 14 heteroatoms. The second-order valence-corrected chi connectivity index (χ2v) is 14.5. The third-order valence-electron chi connectivity index (χ3n) is 9.77. The Morgan fingerprint density at radius 3 is 1.74 bits per heavy atom. The molecular weight excluding hydrogens is 692 g/mol. The molecule has 0 amide bonds. The lowest BCUT2D eigenvalue weighted by molar-refractivity contribution is -0.332. The zero-order chi connectivity index (χ0) is 38.8. The average molecular weight is 765 g/mol. The molecule has 7 N–H and O–H groups in total. The molecule has 2 aliphatic heterocycles. The predicted octanol–water partition coefficient (Wildman–Crippen LogP) is 3.17. The first kappa shape index (κ1) is 47.9. The van der Waals surface area contributed by atoms with Gasteiger partial charge in [0.15, 0.2) is 12.6 Å². The second kappa shape index (κ2) is 29.0. The maximum Gasteiger partial charge on any atom is 0.306 e. The Morgan fingerprint density at radius 1 is 0.604 bits per heavy atom. The van der Waals surface area contributed by atoms with E-state index in [9.17, 15) is 40.5 Å².